The third-order valence-corrected chi connectivity index (χ3v) is 4.39. The molecule has 0 bridgehead atoms. The summed E-state index contributed by atoms with van der Waals surface area (Å²) in [5, 5.41) is 0. The summed E-state index contributed by atoms with van der Waals surface area (Å²) >= 11 is 0. The number of furan rings is 1. The number of carbonyl (C=O) groups excluding carboxylic acids is 2. The molecule has 5 nitrogen and oxygen atoms in total. The second-order valence-electron chi connectivity index (χ2n) is 6.33. The van der Waals surface area contributed by atoms with E-state index in [1.54, 1.807) is 36.6 Å². The first-order valence-corrected chi connectivity index (χ1v) is 8.64. The van der Waals surface area contributed by atoms with E-state index >= 15 is 0 Å². The van der Waals surface area contributed by atoms with Crippen LogP contribution >= 0.6 is 0 Å². The summed E-state index contributed by atoms with van der Waals surface area (Å²) < 4.78 is 12.8. The van der Waals surface area contributed by atoms with Crippen molar-refractivity contribution in [3.8, 4) is 5.75 Å². The normalized spacial score (nSPS) is 11.1. The average Bonchev–Trinajstić information content (AvgIpc) is 3.24. The van der Waals surface area contributed by atoms with Gasteiger partial charge in [-0.2, -0.15) is 0 Å². The minimum absolute atomic E-state index is 0.0299. The number of hydrogen-bond donors (Lipinski definition) is 0. The summed E-state index contributed by atoms with van der Waals surface area (Å²) in [5.41, 5.74) is 3.65. The molecule has 0 radical (unpaired) electrons. The molecule has 2 heterocycles. The molecular formula is C22H21NO4. The first kappa shape index (κ1) is 18.5. The Bertz CT molecular complexity index is 976. The quantitative estimate of drug-likeness (QED) is 0.279. The molecule has 0 amide bonds. The Morgan fingerprint density at radius 2 is 1.89 bits per heavy atom. The number of esters is 1. The number of nitrogens with zero attached hydrogens (tertiary/aromatic N) is 1. The first-order valence-electron chi connectivity index (χ1n) is 8.64. The van der Waals surface area contributed by atoms with Crippen LogP contribution in [0, 0.1) is 13.8 Å². The molecule has 3 aromatic rings. The number of rotatable bonds is 6. The van der Waals surface area contributed by atoms with Gasteiger partial charge in [0.15, 0.2) is 5.78 Å². The highest BCUT2D eigenvalue weighted by atomic mass is 16.5. The number of Topliss-reactive ketones (excluding diaryl/α,β-unsaturated/α-hetero) is 1. The second-order valence-corrected chi connectivity index (χ2v) is 6.33. The molecule has 0 saturated carbocycles. The monoisotopic (exact) mass is 363 g/mol. The van der Waals surface area contributed by atoms with Crippen molar-refractivity contribution in [1.29, 1.82) is 0 Å². The SMILES string of the molecule is CC(=O)c1ccc(OC(=O)/C=C/c2cc(C)n(Cc3ccco3)c2C)cc1. The summed E-state index contributed by atoms with van der Waals surface area (Å²) in [4.78, 5) is 23.3. The van der Waals surface area contributed by atoms with Crippen molar-refractivity contribution in [3.05, 3.63) is 83.1 Å². The van der Waals surface area contributed by atoms with Gasteiger partial charge in [0.1, 0.15) is 11.5 Å². The lowest BCUT2D eigenvalue weighted by Crippen LogP contribution is -2.04. The Morgan fingerprint density at radius 1 is 1.15 bits per heavy atom. The van der Waals surface area contributed by atoms with Crippen molar-refractivity contribution in [3.63, 3.8) is 0 Å². The van der Waals surface area contributed by atoms with Crippen molar-refractivity contribution in [2.45, 2.75) is 27.3 Å². The van der Waals surface area contributed by atoms with Gasteiger partial charge in [-0.15, -0.1) is 0 Å². The largest absolute Gasteiger partial charge is 0.467 e. The van der Waals surface area contributed by atoms with Crippen molar-refractivity contribution in [2.75, 3.05) is 0 Å². The molecule has 0 fully saturated rings. The van der Waals surface area contributed by atoms with Crippen molar-refractivity contribution in [1.82, 2.24) is 4.57 Å². The number of ketones is 1. The van der Waals surface area contributed by atoms with E-state index in [2.05, 4.69) is 4.57 Å². The highest BCUT2D eigenvalue weighted by molar-refractivity contribution is 5.94. The predicted molar refractivity (Wildman–Crippen MR) is 103 cm³/mol. The van der Waals surface area contributed by atoms with E-state index in [1.165, 1.54) is 13.0 Å². The third-order valence-electron chi connectivity index (χ3n) is 4.39. The van der Waals surface area contributed by atoms with Gasteiger partial charge in [-0.1, -0.05) is 0 Å². The molecule has 1 aromatic carbocycles. The molecule has 0 saturated heterocycles. The zero-order valence-electron chi connectivity index (χ0n) is 15.6. The van der Waals surface area contributed by atoms with Gasteiger partial charge in [0.05, 0.1) is 12.8 Å². The Labute approximate surface area is 157 Å². The van der Waals surface area contributed by atoms with Gasteiger partial charge in [0, 0.05) is 23.0 Å². The predicted octanol–water partition coefficient (Wildman–Crippen LogP) is 4.57. The minimum Gasteiger partial charge on any atom is -0.467 e. The zero-order valence-corrected chi connectivity index (χ0v) is 15.6. The van der Waals surface area contributed by atoms with E-state index in [0.29, 0.717) is 17.9 Å². The van der Waals surface area contributed by atoms with Crippen LogP contribution in [0.2, 0.25) is 0 Å². The maximum atomic E-state index is 12.1. The Hall–Kier alpha value is -3.34. The van der Waals surface area contributed by atoms with E-state index in [1.807, 2.05) is 32.0 Å². The van der Waals surface area contributed by atoms with E-state index in [4.69, 9.17) is 9.15 Å². The molecule has 138 valence electrons. The summed E-state index contributed by atoms with van der Waals surface area (Å²) in [6.07, 6.45) is 4.80. The van der Waals surface area contributed by atoms with Crippen LogP contribution in [0.4, 0.5) is 0 Å². The van der Waals surface area contributed by atoms with Gasteiger partial charge in [-0.25, -0.2) is 4.79 Å². The highest BCUT2D eigenvalue weighted by Crippen LogP contribution is 2.19. The number of aromatic nitrogens is 1. The van der Waals surface area contributed by atoms with Gasteiger partial charge in [-0.3, -0.25) is 4.79 Å². The Balaban J connectivity index is 1.68. The van der Waals surface area contributed by atoms with Gasteiger partial charge < -0.3 is 13.7 Å². The molecule has 0 N–H and O–H groups in total. The Morgan fingerprint density at radius 3 is 2.52 bits per heavy atom. The number of carbonyl (C=O) groups is 2. The zero-order chi connectivity index (χ0) is 19.4. The molecule has 0 aliphatic rings. The highest BCUT2D eigenvalue weighted by Gasteiger charge is 2.09. The average molecular weight is 363 g/mol. The number of benzene rings is 1. The molecule has 0 aliphatic carbocycles. The summed E-state index contributed by atoms with van der Waals surface area (Å²) in [6, 6.07) is 12.3. The molecule has 0 spiro atoms. The molecule has 3 rings (SSSR count). The van der Waals surface area contributed by atoms with E-state index in [0.717, 1.165) is 22.7 Å². The molecule has 5 heteroatoms. The van der Waals surface area contributed by atoms with Crippen LogP contribution in [-0.2, 0) is 11.3 Å². The van der Waals surface area contributed by atoms with Gasteiger partial charge in [0.2, 0.25) is 0 Å². The topological polar surface area (TPSA) is 61.4 Å². The van der Waals surface area contributed by atoms with Crippen molar-refractivity contribution in [2.24, 2.45) is 0 Å². The fourth-order valence-electron chi connectivity index (χ4n) is 2.86. The van der Waals surface area contributed by atoms with Crippen LogP contribution in [0.15, 0.2) is 59.2 Å². The molecule has 27 heavy (non-hydrogen) atoms. The lowest BCUT2D eigenvalue weighted by molar-refractivity contribution is -0.128. The minimum atomic E-state index is -0.471. The van der Waals surface area contributed by atoms with E-state index in [-0.39, 0.29) is 5.78 Å². The maximum absolute atomic E-state index is 12.1. The van der Waals surface area contributed by atoms with E-state index < -0.39 is 5.97 Å². The van der Waals surface area contributed by atoms with E-state index in [9.17, 15) is 9.59 Å². The number of ether oxygens (including phenoxy) is 1. The molecule has 0 atom stereocenters. The number of aryl methyl sites for hydroxylation is 1. The standard InChI is InChI=1S/C22H21NO4/c1-15-13-19(16(2)23(15)14-21-5-4-12-26-21)8-11-22(25)27-20-9-6-18(7-10-20)17(3)24/h4-13H,14H2,1-3H3/b11-8+. The first-order chi connectivity index (χ1) is 12.9. The summed E-state index contributed by atoms with van der Waals surface area (Å²) in [6.45, 7) is 6.15. The van der Waals surface area contributed by atoms with Gasteiger partial charge >= 0.3 is 5.97 Å². The van der Waals surface area contributed by atoms with Crippen molar-refractivity contribution < 1.29 is 18.7 Å². The molecule has 2 aromatic heterocycles. The van der Waals surface area contributed by atoms with Crippen LogP contribution in [0.25, 0.3) is 6.08 Å². The fourth-order valence-corrected chi connectivity index (χ4v) is 2.86. The van der Waals surface area contributed by atoms with Crippen LogP contribution in [0.1, 0.15) is 40.0 Å². The van der Waals surface area contributed by atoms with Crippen LogP contribution in [-0.4, -0.2) is 16.3 Å². The van der Waals surface area contributed by atoms with Gasteiger partial charge in [0.25, 0.3) is 0 Å². The third kappa shape index (κ3) is 4.44. The number of hydrogen-bond acceptors (Lipinski definition) is 4. The van der Waals surface area contributed by atoms with Crippen LogP contribution in [0.5, 0.6) is 5.75 Å². The lowest BCUT2D eigenvalue weighted by Gasteiger charge is -2.07. The summed E-state index contributed by atoms with van der Waals surface area (Å²) in [7, 11) is 0. The molecule has 0 aliphatic heterocycles. The lowest BCUT2D eigenvalue weighted by atomic mass is 10.1. The maximum Gasteiger partial charge on any atom is 0.336 e. The smallest absolute Gasteiger partial charge is 0.336 e. The fraction of sp³-hybridized carbons (Fsp3) is 0.182. The summed E-state index contributed by atoms with van der Waals surface area (Å²) in [5.74, 6) is 0.776. The molecule has 0 unspecified atom stereocenters. The van der Waals surface area contributed by atoms with Crippen LogP contribution in [0.3, 0.4) is 0 Å². The Kier molecular flexibility index (Phi) is 5.41. The van der Waals surface area contributed by atoms with Gasteiger partial charge in [-0.05, 0) is 74.9 Å². The second kappa shape index (κ2) is 7.91. The van der Waals surface area contributed by atoms with Crippen molar-refractivity contribution >= 4 is 17.8 Å². The molecular weight excluding hydrogens is 342 g/mol. The van der Waals surface area contributed by atoms with Crippen LogP contribution < -0.4 is 4.74 Å².